The third-order valence-electron chi connectivity index (χ3n) is 3.68. The van der Waals surface area contributed by atoms with Crippen molar-refractivity contribution in [3.63, 3.8) is 0 Å². The number of hydrogen-bond donors (Lipinski definition) is 2. The van der Waals surface area contributed by atoms with E-state index in [0.29, 0.717) is 17.0 Å². The van der Waals surface area contributed by atoms with Crippen molar-refractivity contribution in [2.45, 2.75) is 32.2 Å². The number of rotatable bonds is 4. The molecule has 2 N–H and O–H groups in total. The molecule has 2 unspecified atom stereocenters. The maximum absolute atomic E-state index is 12.3. The predicted octanol–water partition coefficient (Wildman–Crippen LogP) is 2.10. The van der Waals surface area contributed by atoms with Crippen LogP contribution in [-0.4, -0.2) is 28.0 Å². The molecule has 1 aliphatic rings. The number of carboxylic acid groups (broad SMARTS) is 1. The van der Waals surface area contributed by atoms with Gasteiger partial charge in [-0.3, -0.25) is 9.78 Å². The summed E-state index contributed by atoms with van der Waals surface area (Å²) >= 11 is 0. The largest absolute Gasteiger partial charge is 0.478 e. The molecule has 1 aromatic heterocycles. The van der Waals surface area contributed by atoms with Gasteiger partial charge in [-0.1, -0.05) is 13.3 Å². The van der Waals surface area contributed by atoms with E-state index in [1.165, 1.54) is 18.5 Å². The highest BCUT2D eigenvalue weighted by atomic mass is 16.4. The summed E-state index contributed by atoms with van der Waals surface area (Å²) < 4.78 is 0. The van der Waals surface area contributed by atoms with Crippen LogP contribution in [0.2, 0.25) is 0 Å². The van der Waals surface area contributed by atoms with Crippen molar-refractivity contribution in [1.29, 1.82) is 0 Å². The first-order valence-corrected chi connectivity index (χ1v) is 6.74. The Labute approximate surface area is 117 Å². The third-order valence-corrected chi connectivity index (χ3v) is 3.68. The number of amides is 1. The van der Waals surface area contributed by atoms with Crippen molar-refractivity contribution in [2.24, 2.45) is 5.92 Å². The minimum atomic E-state index is -1.05. The van der Waals surface area contributed by atoms with Crippen LogP contribution in [0.15, 0.2) is 24.5 Å². The van der Waals surface area contributed by atoms with Gasteiger partial charge < -0.3 is 10.4 Å². The lowest BCUT2D eigenvalue weighted by molar-refractivity contribution is -0.131. The van der Waals surface area contributed by atoms with Crippen molar-refractivity contribution >= 4 is 18.0 Å². The predicted molar refractivity (Wildman–Crippen MR) is 75.2 cm³/mol. The summed E-state index contributed by atoms with van der Waals surface area (Å²) in [6.07, 6.45) is 8.69. The van der Waals surface area contributed by atoms with Crippen LogP contribution < -0.4 is 5.32 Å². The minimum absolute atomic E-state index is 0.170. The van der Waals surface area contributed by atoms with Crippen molar-refractivity contribution in [3.05, 3.63) is 35.7 Å². The summed E-state index contributed by atoms with van der Waals surface area (Å²) in [5.41, 5.74) is 0.967. The molecule has 1 heterocycles. The van der Waals surface area contributed by atoms with Crippen LogP contribution in [0.1, 0.15) is 42.1 Å². The number of hydrogen-bond acceptors (Lipinski definition) is 3. The normalized spacial score (nSPS) is 22.1. The fourth-order valence-corrected chi connectivity index (χ4v) is 2.51. The first-order chi connectivity index (χ1) is 9.58. The summed E-state index contributed by atoms with van der Waals surface area (Å²) in [5, 5.41) is 11.7. The van der Waals surface area contributed by atoms with Gasteiger partial charge in [0.2, 0.25) is 0 Å². The van der Waals surface area contributed by atoms with Crippen molar-refractivity contribution in [3.8, 4) is 0 Å². The number of aromatic nitrogens is 1. The van der Waals surface area contributed by atoms with E-state index >= 15 is 0 Å². The summed E-state index contributed by atoms with van der Waals surface area (Å²) in [4.78, 5) is 26.8. The van der Waals surface area contributed by atoms with Gasteiger partial charge >= 0.3 is 5.97 Å². The first kappa shape index (κ1) is 14.2. The van der Waals surface area contributed by atoms with Gasteiger partial charge in [0.25, 0.3) is 5.91 Å². The SMILES string of the molecule is CC1CCCC1NC(=O)c1ccncc1C=CC(=O)O. The van der Waals surface area contributed by atoms with Gasteiger partial charge in [0.1, 0.15) is 0 Å². The molecule has 5 heteroatoms. The van der Waals surface area contributed by atoms with E-state index in [0.717, 1.165) is 25.3 Å². The Hall–Kier alpha value is -2.17. The molecule has 5 nitrogen and oxygen atoms in total. The highest BCUT2D eigenvalue weighted by Gasteiger charge is 2.25. The smallest absolute Gasteiger partial charge is 0.328 e. The van der Waals surface area contributed by atoms with E-state index in [9.17, 15) is 9.59 Å². The van der Waals surface area contributed by atoms with Crippen molar-refractivity contribution in [1.82, 2.24) is 10.3 Å². The Morgan fingerprint density at radius 2 is 2.25 bits per heavy atom. The van der Waals surface area contributed by atoms with Crippen LogP contribution in [0, 0.1) is 5.92 Å². The van der Waals surface area contributed by atoms with E-state index < -0.39 is 5.97 Å². The van der Waals surface area contributed by atoms with Gasteiger partial charge in [0.05, 0.1) is 0 Å². The van der Waals surface area contributed by atoms with E-state index in [4.69, 9.17) is 5.11 Å². The van der Waals surface area contributed by atoms with Crippen LogP contribution in [-0.2, 0) is 4.79 Å². The van der Waals surface area contributed by atoms with Gasteiger partial charge in [-0.15, -0.1) is 0 Å². The highest BCUT2D eigenvalue weighted by molar-refractivity contribution is 5.98. The van der Waals surface area contributed by atoms with Crippen LogP contribution in [0.5, 0.6) is 0 Å². The number of nitrogens with zero attached hydrogens (tertiary/aromatic N) is 1. The fraction of sp³-hybridized carbons (Fsp3) is 0.400. The maximum atomic E-state index is 12.3. The molecule has 2 atom stereocenters. The first-order valence-electron chi connectivity index (χ1n) is 6.74. The van der Waals surface area contributed by atoms with Crippen LogP contribution in [0.25, 0.3) is 6.08 Å². The molecule has 1 aliphatic carbocycles. The topological polar surface area (TPSA) is 79.3 Å². The molecule has 1 amide bonds. The zero-order chi connectivity index (χ0) is 14.5. The zero-order valence-corrected chi connectivity index (χ0v) is 11.4. The van der Waals surface area contributed by atoms with E-state index in [-0.39, 0.29) is 11.9 Å². The van der Waals surface area contributed by atoms with Gasteiger partial charge in [-0.05, 0) is 30.9 Å². The average Bonchev–Trinajstić information content (AvgIpc) is 2.82. The molecule has 1 fully saturated rings. The third kappa shape index (κ3) is 3.44. The lowest BCUT2D eigenvalue weighted by Crippen LogP contribution is -2.36. The molecule has 0 spiro atoms. The van der Waals surface area contributed by atoms with E-state index in [1.807, 2.05) is 0 Å². The Bertz CT molecular complexity index is 540. The van der Waals surface area contributed by atoms with Gasteiger partial charge in [0, 0.05) is 35.6 Å². The van der Waals surface area contributed by atoms with Gasteiger partial charge in [-0.2, -0.15) is 0 Å². The molecule has 0 radical (unpaired) electrons. The molecule has 0 saturated heterocycles. The fourth-order valence-electron chi connectivity index (χ4n) is 2.51. The highest BCUT2D eigenvalue weighted by Crippen LogP contribution is 2.25. The number of carboxylic acids is 1. The summed E-state index contributed by atoms with van der Waals surface area (Å²) in [6, 6.07) is 1.81. The minimum Gasteiger partial charge on any atom is -0.478 e. The molecule has 1 aromatic rings. The second kappa shape index (κ2) is 6.32. The monoisotopic (exact) mass is 274 g/mol. The van der Waals surface area contributed by atoms with Crippen LogP contribution in [0.3, 0.4) is 0 Å². The van der Waals surface area contributed by atoms with Crippen LogP contribution >= 0.6 is 0 Å². The quantitative estimate of drug-likeness (QED) is 0.824. The summed E-state index contributed by atoms with van der Waals surface area (Å²) in [6.45, 7) is 2.13. The number of carbonyl (C=O) groups is 2. The molecular weight excluding hydrogens is 256 g/mol. The van der Waals surface area contributed by atoms with Crippen molar-refractivity contribution < 1.29 is 14.7 Å². The Morgan fingerprint density at radius 3 is 2.90 bits per heavy atom. The molecule has 106 valence electrons. The lowest BCUT2D eigenvalue weighted by atomic mass is 10.0. The summed E-state index contributed by atoms with van der Waals surface area (Å²) in [5.74, 6) is -0.736. The Kier molecular flexibility index (Phi) is 4.50. The Balaban J connectivity index is 2.15. The number of carbonyl (C=O) groups excluding carboxylic acids is 1. The second-order valence-electron chi connectivity index (χ2n) is 5.12. The molecule has 0 aromatic carbocycles. The van der Waals surface area contributed by atoms with Crippen LogP contribution in [0.4, 0.5) is 0 Å². The number of nitrogens with one attached hydrogen (secondary N) is 1. The molecule has 0 aliphatic heterocycles. The van der Waals surface area contributed by atoms with Crippen molar-refractivity contribution in [2.75, 3.05) is 0 Å². The zero-order valence-electron chi connectivity index (χ0n) is 11.4. The maximum Gasteiger partial charge on any atom is 0.328 e. The molecular formula is C15H18N2O3. The lowest BCUT2D eigenvalue weighted by Gasteiger charge is -2.17. The standard InChI is InChI=1S/C15H18N2O3/c1-10-3-2-4-13(10)17-15(20)12-7-8-16-9-11(12)5-6-14(18)19/h5-10,13H,2-4H2,1H3,(H,17,20)(H,18,19). The number of aliphatic carboxylic acids is 1. The van der Waals surface area contributed by atoms with Gasteiger partial charge in [0.15, 0.2) is 0 Å². The second-order valence-corrected chi connectivity index (χ2v) is 5.12. The number of pyridine rings is 1. The molecule has 1 saturated carbocycles. The molecule has 20 heavy (non-hydrogen) atoms. The van der Waals surface area contributed by atoms with Gasteiger partial charge in [-0.25, -0.2) is 4.79 Å². The average molecular weight is 274 g/mol. The van der Waals surface area contributed by atoms with E-state index in [2.05, 4.69) is 17.2 Å². The summed E-state index contributed by atoms with van der Waals surface area (Å²) in [7, 11) is 0. The van der Waals surface area contributed by atoms with E-state index in [1.54, 1.807) is 6.07 Å². The molecule has 0 bridgehead atoms. The molecule has 2 rings (SSSR count). The Morgan fingerprint density at radius 1 is 1.45 bits per heavy atom.